The fourth-order valence-corrected chi connectivity index (χ4v) is 5.57. The number of piperidine rings is 1. The number of sulfonamides is 1. The molecule has 2 amide bonds. The number of nitrogens with one attached hydrogen (secondary N) is 2. The summed E-state index contributed by atoms with van der Waals surface area (Å²) in [5.74, 6) is -0.662. The van der Waals surface area contributed by atoms with Crippen LogP contribution in [0.1, 0.15) is 36.8 Å². The minimum atomic E-state index is -3.57. The second kappa shape index (κ2) is 10.1. The molecule has 33 heavy (non-hydrogen) atoms. The number of carbonyl (C=O) groups is 2. The Morgan fingerprint density at radius 1 is 0.970 bits per heavy atom. The molecule has 0 radical (unpaired) electrons. The molecule has 1 aliphatic heterocycles. The van der Waals surface area contributed by atoms with E-state index in [0.717, 1.165) is 24.0 Å². The molecule has 1 saturated carbocycles. The Morgan fingerprint density at radius 3 is 2.21 bits per heavy atom. The molecule has 2 aliphatic rings. The van der Waals surface area contributed by atoms with E-state index in [1.165, 1.54) is 4.31 Å². The summed E-state index contributed by atoms with van der Waals surface area (Å²) in [7, 11) is -3.57. The molecule has 1 heterocycles. The zero-order valence-corrected chi connectivity index (χ0v) is 19.7. The molecular formula is C25H31N3O4S. The topological polar surface area (TPSA) is 95.6 Å². The maximum atomic E-state index is 13.0. The minimum Gasteiger partial charge on any atom is -0.352 e. The average Bonchev–Trinajstić information content (AvgIpc) is 3.63. The highest BCUT2D eigenvalue weighted by atomic mass is 32.2. The number of hydrogen-bond acceptors (Lipinski definition) is 4. The normalized spacial score (nSPS) is 18.5. The monoisotopic (exact) mass is 469 g/mol. The van der Waals surface area contributed by atoms with Crippen molar-refractivity contribution in [2.45, 2.75) is 56.0 Å². The van der Waals surface area contributed by atoms with Gasteiger partial charge in [0.15, 0.2) is 0 Å². The van der Waals surface area contributed by atoms with Gasteiger partial charge < -0.3 is 10.6 Å². The second-order valence-corrected chi connectivity index (χ2v) is 11.0. The highest BCUT2D eigenvalue weighted by molar-refractivity contribution is 7.89. The molecule has 1 saturated heterocycles. The molecule has 2 aromatic rings. The first-order valence-corrected chi connectivity index (χ1v) is 13.0. The van der Waals surface area contributed by atoms with Gasteiger partial charge in [0.1, 0.15) is 6.04 Å². The molecule has 1 atom stereocenters. The van der Waals surface area contributed by atoms with E-state index in [1.807, 2.05) is 37.3 Å². The van der Waals surface area contributed by atoms with Gasteiger partial charge in [-0.1, -0.05) is 48.0 Å². The molecule has 7 nitrogen and oxygen atoms in total. The van der Waals surface area contributed by atoms with E-state index in [9.17, 15) is 18.0 Å². The number of amides is 2. The van der Waals surface area contributed by atoms with Crippen molar-refractivity contribution < 1.29 is 18.0 Å². The minimum absolute atomic E-state index is 0.158. The fourth-order valence-electron chi connectivity index (χ4n) is 4.10. The van der Waals surface area contributed by atoms with Crippen LogP contribution in [0.2, 0.25) is 0 Å². The van der Waals surface area contributed by atoms with Crippen molar-refractivity contribution in [2.24, 2.45) is 5.92 Å². The van der Waals surface area contributed by atoms with Crippen LogP contribution in [0, 0.1) is 12.8 Å². The van der Waals surface area contributed by atoms with Crippen LogP contribution in [0.4, 0.5) is 0 Å². The Balaban J connectivity index is 1.37. The molecule has 1 aliphatic carbocycles. The summed E-state index contributed by atoms with van der Waals surface area (Å²) in [5, 5.41) is 5.93. The van der Waals surface area contributed by atoms with E-state index >= 15 is 0 Å². The number of rotatable bonds is 8. The van der Waals surface area contributed by atoms with Crippen molar-refractivity contribution in [3.63, 3.8) is 0 Å². The highest BCUT2D eigenvalue weighted by Gasteiger charge is 2.34. The smallest absolute Gasteiger partial charge is 0.243 e. The van der Waals surface area contributed by atoms with Gasteiger partial charge in [-0.05, 0) is 50.3 Å². The van der Waals surface area contributed by atoms with Gasteiger partial charge in [-0.3, -0.25) is 9.59 Å². The van der Waals surface area contributed by atoms with Crippen LogP contribution in [0.5, 0.6) is 0 Å². The molecule has 0 bridgehead atoms. The van der Waals surface area contributed by atoms with Gasteiger partial charge in [-0.25, -0.2) is 8.42 Å². The van der Waals surface area contributed by atoms with Gasteiger partial charge in [-0.15, -0.1) is 0 Å². The lowest BCUT2D eigenvalue weighted by Crippen LogP contribution is -2.51. The van der Waals surface area contributed by atoms with Crippen LogP contribution in [-0.2, 0) is 26.0 Å². The summed E-state index contributed by atoms with van der Waals surface area (Å²) < 4.78 is 27.3. The molecule has 0 aromatic heterocycles. The summed E-state index contributed by atoms with van der Waals surface area (Å²) >= 11 is 0. The van der Waals surface area contributed by atoms with Gasteiger partial charge in [0.2, 0.25) is 21.8 Å². The van der Waals surface area contributed by atoms with Crippen molar-refractivity contribution in [1.82, 2.24) is 14.9 Å². The lowest BCUT2D eigenvalue weighted by Gasteiger charge is -2.31. The van der Waals surface area contributed by atoms with Crippen LogP contribution in [0.25, 0.3) is 0 Å². The summed E-state index contributed by atoms with van der Waals surface area (Å²) in [6.07, 6.45) is 3.24. The molecule has 8 heteroatoms. The highest BCUT2D eigenvalue weighted by Crippen LogP contribution is 2.25. The van der Waals surface area contributed by atoms with Crippen molar-refractivity contribution in [3.8, 4) is 0 Å². The van der Waals surface area contributed by atoms with Crippen LogP contribution >= 0.6 is 0 Å². The molecule has 2 aromatic carbocycles. The van der Waals surface area contributed by atoms with Crippen molar-refractivity contribution in [3.05, 3.63) is 65.7 Å². The fraction of sp³-hybridized carbons (Fsp3) is 0.440. The van der Waals surface area contributed by atoms with Crippen LogP contribution in [0.3, 0.4) is 0 Å². The van der Waals surface area contributed by atoms with Gasteiger partial charge in [0, 0.05) is 31.5 Å². The van der Waals surface area contributed by atoms with Gasteiger partial charge in [0.25, 0.3) is 0 Å². The van der Waals surface area contributed by atoms with Crippen molar-refractivity contribution in [2.75, 3.05) is 13.1 Å². The first-order valence-electron chi connectivity index (χ1n) is 11.5. The van der Waals surface area contributed by atoms with Crippen molar-refractivity contribution in [1.29, 1.82) is 0 Å². The van der Waals surface area contributed by atoms with Gasteiger partial charge in [0.05, 0.1) is 4.90 Å². The summed E-state index contributed by atoms with van der Waals surface area (Å²) in [5.41, 5.74) is 1.98. The molecule has 2 N–H and O–H groups in total. The maximum Gasteiger partial charge on any atom is 0.243 e. The van der Waals surface area contributed by atoms with Gasteiger partial charge >= 0.3 is 0 Å². The lowest BCUT2D eigenvalue weighted by molar-refractivity contribution is -0.131. The van der Waals surface area contributed by atoms with E-state index in [0.29, 0.717) is 19.3 Å². The number of nitrogens with zero attached hydrogens (tertiary/aromatic N) is 1. The number of carbonyl (C=O) groups excluding carboxylic acids is 2. The van der Waals surface area contributed by atoms with E-state index < -0.39 is 16.1 Å². The molecule has 1 unspecified atom stereocenters. The zero-order valence-electron chi connectivity index (χ0n) is 18.9. The molecule has 2 fully saturated rings. The molecular weight excluding hydrogens is 438 g/mol. The van der Waals surface area contributed by atoms with E-state index in [1.54, 1.807) is 24.3 Å². The zero-order chi connectivity index (χ0) is 23.4. The quantitative estimate of drug-likeness (QED) is 0.621. The molecule has 4 rings (SSSR count). The van der Waals surface area contributed by atoms with E-state index in [2.05, 4.69) is 10.6 Å². The predicted octanol–water partition coefficient (Wildman–Crippen LogP) is 2.40. The third-order valence-corrected chi connectivity index (χ3v) is 8.24. The Morgan fingerprint density at radius 2 is 1.61 bits per heavy atom. The van der Waals surface area contributed by atoms with Crippen molar-refractivity contribution >= 4 is 21.8 Å². The number of benzene rings is 2. The Labute approximate surface area is 195 Å². The van der Waals surface area contributed by atoms with Gasteiger partial charge in [-0.2, -0.15) is 4.31 Å². The largest absolute Gasteiger partial charge is 0.352 e. The first-order chi connectivity index (χ1) is 15.8. The third kappa shape index (κ3) is 6.00. The standard InChI is InChI=1S/C25H31N3O4S/c1-18-7-11-22(12-8-18)33(31,32)28-15-13-20(14-16-28)24(29)27-23(25(30)26-21-9-10-21)17-19-5-3-2-4-6-19/h2-8,11-12,20-21,23H,9-10,13-17H2,1H3,(H,26,30)(H,27,29). The Bertz CT molecular complexity index is 1070. The molecule has 176 valence electrons. The van der Waals surface area contributed by atoms with E-state index in [4.69, 9.17) is 0 Å². The summed E-state index contributed by atoms with van der Waals surface area (Å²) in [6, 6.07) is 16.0. The average molecular weight is 470 g/mol. The lowest BCUT2D eigenvalue weighted by atomic mass is 9.96. The first kappa shape index (κ1) is 23.4. The predicted molar refractivity (Wildman–Crippen MR) is 126 cm³/mol. The summed E-state index contributed by atoms with van der Waals surface area (Å²) in [6.45, 7) is 2.48. The number of aryl methyl sites for hydroxylation is 1. The van der Waals surface area contributed by atoms with Crippen LogP contribution in [-0.4, -0.2) is 49.7 Å². The van der Waals surface area contributed by atoms with Crippen LogP contribution < -0.4 is 10.6 Å². The molecule has 0 spiro atoms. The second-order valence-electron chi connectivity index (χ2n) is 9.03. The third-order valence-electron chi connectivity index (χ3n) is 6.32. The summed E-state index contributed by atoms with van der Waals surface area (Å²) in [4.78, 5) is 26.1. The number of hydrogen-bond donors (Lipinski definition) is 2. The van der Waals surface area contributed by atoms with Crippen LogP contribution in [0.15, 0.2) is 59.5 Å². The van der Waals surface area contributed by atoms with E-state index in [-0.39, 0.29) is 41.8 Å². The maximum absolute atomic E-state index is 13.0. The Kier molecular flexibility index (Phi) is 7.14. The Hall–Kier alpha value is -2.71. The SMILES string of the molecule is Cc1ccc(S(=O)(=O)N2CCC(C(=O)NC(Cc3ccccc3)C(=O)NC3CC3)CC2)cc1.